The highest BCUT2D eigenvalue weighted by Crippen LogP contribution is 2.22. The number of rotatable bonds is 6. The smallest absolute Gasteiger partial charge is 0.337 e. The Morgan fingerprint density at radius 3 is 2.48 bits per heavy atom. The van der Waals surface area contributed by atoms with E-state index in [1.807, 2.05) is 13.8 Å². The molecule has 0 aliphatic carbocycles. The van der Waals surface area contributed by atoms with Gasteiger partial charge in [-0.1, -0.05) is 29.8 Å². The second-order valence-corrected chi connectivity index (χ2v) is 7.78. The van der Waals surface area contributed by atoms with Gasteiger partial charge >= 0.3 is 5.97 Å². The molecule has 0 atom stereocenters. The van der Waals surface area contributed by atoms with Gasteiger partial charge in [-0.25, -0.2) is 13.2 Å². The molecule has 8 heteroatoms. The molecule has 6 nitrogen and oxygen atoms in total. The summed E-state index contributed by atoms with van der Waals surface area (Å²) in [6, 6.07) is 3.81. The van der Waals surface area contributed by atoms with Crippen LogP contribution < -0.4 is 5.32 Å². The molecule has 21 heavy (non-hydrogen) atoms. The third-order valence-corrected chi connectivity index (χ3v) is 4.68. The quantitative estimate of drug-likeness (QED) is 0.785. The minimum Gasteiger partial charge on any atom is -0.478 e. The van der Waals surface area contributed by atoms with Gasteiger partial charge in [-0.05, 0) is 24.1 Å². The first kappa shape index (κ1) is 17.6. The van der Waals surface area contributed by atoms with Crippen LogP contribution in [0.1, 0.15) is 24.2 Å². The lowest BCUT2D eigenvalue weighted by atomic mass is 10.2. The fourth-order valence-corrected chi connectivity index (χ4v) is 3.46. The van der Waals surface area contributed by atoms with Crippen LogP contribution in [0.4, 0.5) is 0 Å². The Morgan fingerprint density at radius 2 is 1.95 bits per heavy atom. The van der Waals surface area contributed by atoms with E-state index in [9.17, 15) is 18.0 Å². The summed E-state index contributed by atoms with van der Waals surface area (Å²) in [7, 11) is -4.03. The molecule has 0 spiro atoms. The number of hydrogen-bond acceptors (Lipinski definition) is 4. The molecule has 0 bridgehead atoms. The maximum atomic E-state index is 12.2. The van der Waals surface area contributed by atoms with Crippen molar-refractivity contribution < 1.29 is 23.1 Å². The van der Waals surface area contributed by atoms with E-state index in [1.165, 1.54) is 18.2 Å². The molecule has 1 aromatic carbocycles. The van der Waals surface area contributed by atoms with Crippen LogP contribution in [0.25, 0.3) is 0 Å². The van der Waals surface area contributed by atoms with Gasteiger partial charge in [-0.2, -0.15) is 0 Å². The standard InChI is InChI=1S/C13H16BrNO5S/c1-8(2)6-15-12(16)7-21(19,20)11-5-9(14)3-4-10(11)13(17)18/h3-5,8H,6-7H2,1-2H3,(H,15,16)(H,17,18). The van der Waals surface area contributed by atoms with Crippen molar-refractivity contribution in [3.05, 3.63) is 28.2 Å². The predicted molar refractivity (Wildman–Crippen MR) is 81.0 cm³/mol. The first-order valence-electron chi connectivity index (χ1n) is 6.16. The molecule has 0 saturated carbocycles. The number of hydrogen-bond donors (Lipinski definition) is 2. The Morgan fingerprint density at radius 1 is 1.33 bits per heavy atom. The number of carbonyl (C=O) groups is 2. The van der Waals surface area contributed by atoms with Crippen molar-refractivity contribution in [2.45, 2.75) is 18.7 Å². The molecule has 0 heterocycles. The second kappa shape index (κ2) is 7.04. The molecule has 0 fully saturated rings. The van der Waals surface area contributed by atoms with E-state index >= 15 is 0 Å². The molecular formula is C13H16BrNO5S. The number of amides is 1. The number of halogens is 1. The lowest BCUT2D eigenvalue weighted by Gasteiger charge is -2.10. The molecule has 1 aromatic rings. The van der Waals surface area contributed by atoms with E-state index < -0.39 is 27.5 Å². The van der Waals surface area contributed by atoms with E-state index in [0.29, 0.717) is 11.0 Å². The molecule has 0 aliphatic rings. The number of carbonyl (C=O) groups excluding carboxylic acids is 1. The molecule has 1 amide bonds. The average molecular weight is 378 g/mol. The van der Waals surface area contributed by atoms with Crippen molar-refractivity contribution >= 4 is 37.6 Å². The number of carboxylic acids is 1. The van der Waals surface area contributed by atoms with Crippen molar-refractivity contribution in [3.8, 4) is 0 Å². The number of aromatic carboxylic acids is 1. The normalized spacial score (nSPS) is 11.4. The van der Waals surface area contributed by atoms with Crippen LogP contribution in [0, 0.1) is 5.92 Å². The van der Waals surface area contributed by atoms with Gasteiger partial charge in [0.25, 0.3) is 0 Å². The van der Waals surface area contributed by atoms with Gasteiger partial charge in [0.15, 0.2) is 9.84 Å². The Balaban J connectivity index is 3.05. The molecule has 116 valence electrons. The van der Waals surface area contributed by atoms with Crippen molar-refractivity contribution in [1.82, 2.24) is 5.32 Å². The van der Waals surface area contributed by atoms with E-state index in [4.69, 9.17) is 5.11 Å². The number of nitrogens with one attached hydrogen (secondary N) is 1. The van der Waals surface area contributed by atoms with Gasteiger partial charge in [-0.3, -0.25) is 4.79 Å². The summed E-state index contributed by atoms with van der Waals surface area (Å²) in [6.07, 6.45) is 0. The summed E-state index contributed by atoms with van der Waals surface area (Å²) in [5.74, 6) is -2.60. The zero-order chi connectivity index (χ0) is 16.2. The SMILES string of the molecule is CC(C)CNC(=O)CS(=O)(=O)c1cc(Br)ccc1C(=O)O. The van der Waals surface area contributed by atoms with Crippen LogP contribution in [0.3, 0.4) is 0 Å². The maximum absolute atomic E-state index is 12.2. The van der Waals surface area contributed by atoms with Gasteiger partial charge in [0.05, 0.1) is 10.5 Å². The number of benzene rings is 1. The van der Waals surface area contributed by atoms with Crippen LogP contribution in [-0.2, 0) is 14.6 Å². The van der Waals surface area contributed by atoms with Crippen molar-refractivity contribution in [3.63, 3.8) is 0 Å². The molecule has 0 aromatic heterocycles. The first-order chi connectivity index (χ1) is 9.63. The third kappa shape index (κ3) is 5.13. The topological polar surface area (TPSA) is 101 Å². The molecule has 0 aliphatic heterocycles. The van der Waals surface area contributed by atoms with Crippen LogP contribution in [0.5, 0.6) is 0 Å². The van der Waals surface area contributed by atoms with Crippen LogP contribution in [0.2, 0.25) is 0 Å². The predicted octanol–water partition coefficient (Wildman–Crippen LogP) is 1.69. The summed E-state index contributed by atoms with van der Waals surface area (Å²) in [5.41, 5.74) is -0.352. The van der Waals surface area contributed by atoms with Gasteiger partial charge < -0.3 is 10.4 Å². The Labute approximate surface area is 131 Å². The highest BCUT2D eigenvalue weighted by atomic mass is 79.9. The zero-order valence-electron chi connectivity index (χ0n) is 11.6. The van der Waals surface area contributed by atoms with Crippen molar-refractivity contribution in [2.24, 2.45) is 5.92 Å². The molecule has 1 rings (SSSR count). The van der Waals surface area contributed by atoms with E-state index in [0.717, 1.165) is 0 Å². The largest absolute Gasteiger partial charge is 0.478 e. The highest BCUT2D eigenvalue weighted by Gasteiger charge is 2.25. The maximum Gasteiger partial charge on any atom is 0.337 e. The minimum absolute atomic E-state index is 0.192. The number of sulfone groups is 1. The Hall–Kier alpha value is -1.41. The third-order valence-electron chi connectivity index (χ3n) is 2.54. The van der Waals surface area contributed by atoms with Gasteiger partial charge in [0, 0.05) is 11.0 Å². The lowest BCUT2D eigenvalue weighted by molar-refractivity contribution is -0.118. The molecule has 0 radical (unpaired) electrons. The molecular weight excluding hydrogens is 362 g/mol. The van der Waals surface area contributed by atoms with Crippen LogP contribution >= 0.6 is 15.9 Å². The fourth-order valence-electron chi connectivity index (χ4n) is 1.55. The first-order valence-corrected chi connectivity index (χ1v) is 8.60. The summed E-state index contributed by atoms with van der Waals surface area (Å²) < 4.78 is 24.9. The molecule has 0 saturated heterocycles. The van der Waals surface area contributed by atoms with Gasteiger partial charge in [-0.15, -0.1) is 0 Å². The number of carboxylic acid groups (broad SMARTS) is 1. The zero-order valence-corrected chi connectivity index (χ0v) is 14.0. The van der Waals surface area contributed by atoms with E-state index in [2.05, 4.69) is 21.2 Å². The summed E-state index contributed by atoms with van der Waals surface area (Å²) in [6.45, 7) is 4.12. The molecule has 0 unspecified atom stereocenters. The monoisotopic (exact) mass is 377 g/mol. The van der Waals surface area contributed by atoms with Crippen molar-refractivity contribution in [2.75, 3.05) is 12.3 Å². The summed E-state index contributed by atoms with van der Waals surface area (Å²) in [5, 5.41) is 11.5. The fraction of sp³-hybridized carbons (Fsp3) is 0.385. The van der Waals surface area contributed by atoms with Crippen LogP contribution in [-0.4, -0.2) is 37.7 Å². The highest BCUT2D eigenvalue weighted by molar-refractivity contribution is 9.10. The van der Waals surface area contributed by atoms with Crippen LogP contribution in [0.15, 0.2) is 27.6 Å². The van der Waals surface area contributed by atoms with E-state index in [1.54, 1.807) is 0 Å². The Bertz CT molecular complexity index is 655. The summed E-state index contributed by atoms with van der Waals surface area (Å²) in [4.78, 5) is 22.4. The van der Waals surface area contributed by atoms with E-state index in [-0.39, 0.29) is 16.4 Å². The van der Waals surface area contributed by atoms with Gasteiger partial charge in [0.1, 0.15) is 5.75 Å². The lowest BCUT2D eigenvalue weighted by Crippen LogP contribution is -2.33. The van der Waals surface area contributed by atoms with Crippen molar-refractivity contribution in [1.29, 1.82) is 0 Å². The second-order valence-electron chi connectivity index (χ2n) is 4.90. The Kier molecular flexibility index (Phi) is 5.91. The summed E-state index contributed by atoms with van der Waals surface area (Å²) >= 11 is 3.10. The minimum atomic E-state index is -4.03. The van der Waals surface area contributed by atoms with Gasteiger partial charge in [0.2, 0.25) is 5.91 Å². The molecule has 2 N–H and O–H groups in total. The average Bonchev–Trinajstić information content (AvgIpc) is 2.35.